The molecule has 1 aromatic rings. The fourth-order valence-electron chi connectivity index (χ4n) is 2.79. The molecule has 1 aliphatic rings. The summed E-state index contributed by atoms with van der Waals surface area (Å²) in [6.45, 7) is 3.04. The predicted molar refractivity (Wildman–Crippen MR) is 71.2 cm³/mol. The normalized spacial score (nSPS) is 16.4. The molecule has 1 saturated carbocycles. The van der Waals surface area contributed by atoms with Crippen molar-refractivity contribution in [2.45, 2.75) is 44.5 Å². The van der Waals surface area contributed by atoms with Crippen LogP contribution in [0, 0.1) is 5.82 Å². The number of nitrogens with zero attached hydrogens (tertiary/aromatic N) is 1. The summed E-state index contributed by atoms with van der Waals surface area (Å²) in [6, 6.07) is 5.81. The van der Waals surface area contributed by atoms with Crippen molar-refractivity contribution < 1.29 is 4.39 Å². The summed E-state index contributed by atoms with van der Waals surface area (Å²) in [6.07, 6.45) is 5.00. The molecule has 0 atom stereocenters. The number of rotatable bonds is 4. The van der Waals surface area contributed by atoms with Crippen LogP contribution in [0.1, 0.15) is 38.2 Å². The van der Waals surface area contributed by atoms with Gasteiger partial charge in [0.05, 0.1) is 5.88 Å². The van der Waals surface area contributed by atoms with E-state index in [1.165, 1.54) is 31.7 Å². The monoisotopic (exact) mass is 255 g/mol. The average Bonchev–Trinajstić information content (AvgIpc) is 2.84. The molecule has 1 aromatic carbocycles. The van der Waals surface area contributed by atoms with E-state index in [9.17, 15) is 4.39 Å². The predicted octanol–water partition coefficient (Wildman–Crippen LogP) is 4.33. The first-order valence-corrected chi connectivity index (χ1v) is 6.91. The SMILES string of the molecule is CCN(c1cccc(F)c1CCl)C1CCCC1. The van der Waals surface area contributed by atoms with Gasteiger partial charge in [0, 0.05) is 23.8 Å². The minimum atomic E-state index is -0.186. The molecule has 0 saturated heterocycles. The van der Waals surface area contributed by atoms with Crippen molar-refractivity contribution in [3.05, 3.63) is 29.6 Å². The van der Waals surface area contributed by atoms with Gasteiger partial charge in [-0.15, -0.1) is 11.6 Å². The molecule has 0 spiro atoms. The smallest absolute Gasteiger partial charge is 0.129 e. The van der Waals surface area contributed by atoms with Gasteiger partial charge in [-0.1, -0.05) is 18.9 Å². The summed E-state index contributed by atoms with van der Waals surface area (Å²) in [5, 5.41) is 0. The molecule has 0 amide bonds. The second kappa shape index (κ2) is 5.72. The molecule has 1 aliphatic carbocycles. The Morgan fingerprint density at radius 3 is 2.65 bits per heavy atom. The Bertz CT molecular complexity index is 374. The standard InChI is InChI=1S/C14H19ClFN/c1-2-17(11-6-3-4-7-11)14-9-5-8-13(16)12(14)10-15/h5,8-9,11H,2-4,6-7,10H2,1H3. The third kappa shape index (κ3) is 2.57. The van der Waals surface area contributed by atoms with Crippen LogP contribution < -0.4 is 4.90 Å². The number of anilines is 1. The number of halogens is 2. The van der Waals surface area contributed by atoms with Crippen LogP contribution in [0.3, 0.4) is 0 Å². The topological polar surface area (TPSA) is 3.24 Å². The van der Waals surface area contributed by atoms with Gasteiger partial charge in [0.2, 0.25) is 0 Å². The molecule has 1 nitrogen and oxygen atoms in total. The molecule has 0 aliphatic heterocycles. The number of benzene rings is 1. The molecule has 0 unspecified atom stereocenters. The Morgan fingerprint density at radius 1 is 1.35 bits per heavy atom. The van der Waals surface area contributed by atoms with Gasteiger partial charge in [0.15, 0.2) is 0 Å². The minimum Gasteiger partial charge on any atom is -0.368 e. The highest BCUT2D eigenvalue weighted by molar-refractivity contribution is 6.17. The van der Waals surface area contributed by atoms with Crippen molar-refractivity contribution in [1.29, 1.82) is 0 Å². The highest BCUT2D eigenvalue weighted by Crippen LogP contribution is 2.32. The second-order valence-electron chi connectivity index (χ2n) is 4.60. The minimum absolute atomic E-state index is 0.186. The van der Waals surface area contributed by atoms with Gasteiger partial charge >= 0.3 is 0 Å². The molecule has 0 bridgehead atoms. The first kappa shape index (κ1) is 12.7. The lowest BCUT2D eigenvalue weighted by molar-refractivity contribution is 0.597. The van der Waals surface area contributed by atoms with Gasteiger partial charge in [-0.3, -0.25) is 0 Å². The van der Waals surface area contributed by atoms with Crippen LogP contribution in [-0.4, -0.2) is 12.6 Å². The zero-order valence-electron chi connectivity index (χ0n) is 10.3. The molecule has 94 valence electrons. The molecule has 2 rings (SSSR count). The van der Waals surface area contributed by atoms with Crippen LogP contribution in [-0.2, 0) is 5.88 Å². The fourth-order valence-corrected chi connectivity index (χ4v) is 3.05. The fraction of sp³-hybridized carbons (Fsp3) is 0.571. The Kier molecular flexibility index (Phi) is 4.27. The van der Waals surface area contributed by atoms with Crippen molar-refractivity contribution in [3.8, 4) is 0 Å². The van der Waals surface area contributed by atoms with E-state index in [1.807, 2.05) is 6.07 Å². The van der Waals surface area contributed by atoms with Crippen molar-refractivity contribution >= 4 is 17.3 Å². The van der Waals surface area contributed by atoms with E-state index in [2.05, 4.69) is 11.8 Å². The summed E-state index contributed by atoms with van der Waals surface area (Å²) in [5.41, 5.74) is 1.62. The zero-order valence-corrected chi connectivity index (χ0v) is 11.0. The van der Waals surface area contributed by atoms with E-state index in [-0.39, 0.29) is 11.7 Å². The largest absolute Gasteiger partial charge is 0.368 e. The maximum Gasteiger partial charge on any atom is 0.129 e. The van der Waals surface area contributed by atoms with Gasteiger partial charge in [0.25, 0.3) is 0 Å². The van der Waals surface area contributed by atoms with E-state index in [4.69, 9.17) is 11.6 Å². The van der Waals surface area contributed by atoms with Gasteiger partial charge in [-0.2, -0.15) is 0 Å². The first-order valence-electron chi connectivity index (χ1n) is 6.38. The molecule has 0 heterocycles. The van der Waals surface area contributed by atoms with Crippen molar-refractivity contribution in [2.24, 2.45) is 0 Å². The molecule has 0 N–H and O–H groups in total. The molecule has 1 fully saturated rings. The van der Waals surface area contributed by atoms with Gasteiger partial charge in [-0.05, 0) is 31.9 Å². The molecule has 0 radical (unpaired) electrons. The maximum absolute atomic E-state index is 13.7. The molecular formula is C14H19ClFN. The summed E-state index contributed by atoms with van der Waals surface area (Å²) < 4.78 is 13.7. The van der Waals surface area contributed by atoms with Crippen molar-refractivity contribution in [3.63, 3.8) is 0 Å². The maximum atomic E-state index is 13.7. The number of hydrogen-bond acceptors (Lipinski definition) is 1. The summed E-state index contributed by atoms with van der Waals surface area (Å²) >= 11 is 5.88. The lowest BCUT2D eigenvalue weighted by atomic mass is 10.1. The van der Waals surface area contributed by atoms with Crippen molar-refractivity contribution in [2.75, 3.05) is 11.4 Å². The molecule has 3 heteroatoms. The van der Waals surface area contributed by atoms with E-state index in [1.54, 1.807) is 6.07 Å². The first-order chi connectivity index (χ1) is 8.27. The Balaban J connectivity index is 2.32. The van der Waals surface area contributed by atoms with E-state index in [0.29, 0.717) is 11.6 Å². The van der Waals surface area contributed by atoms with Crippen LogP contribution in [0.5, 0.6) is 0 Å². The third-order valence-electron chi connectivity index (χ3n) is 3.64. The van der Waals surface area contributed by atoms with Crippen LogP contribution in [0.25, 0.3) is 0 Å². The zero-order chi connectivity index (χ0) is 12.3. The third-order valence-corrected chi connectivity index (χ3v) is 3.91. The number of hydrogen-bond donors (Lipinski definition) is 0. The van der Waals surface area contributed by atoms with Crippen LogP contribution >= 0.6 is 11.6 Å². The van der Waals surface area contributed by atoms with Gasteiger partial charge < -0.3 is 4.90 Å². The highest BCUT2D eigenvalue weighted by Gasteiger charge is 2.23. The lowest BCUT2D eigenvalue weighted by Crippen LogP contribution is -2.33. The van der Waals surface area contributed by atoms with Crippen LogP contribution in [0.2, 0.25) is 0 Å². The van der Waals surface area contributed by atoms with E-state index >= 15 is 0 Å². The van der Waals surface area contributed by atoms with Crippen LogP contribution in [0.15, 0.2) is 18.2 Å². The highest BCUT2D eigenvalue weighted by atomic mass is 35.5. The second-order valence-corrected chi connectivity index (χ2v) is 4.86. The van der Waals surface area contributed by atoms with Gasteiger partial charge in [0.1, 0.15) is 5.82 Å². The molecule has 17 heavy (non-hydrogen) atoms. The molecular weight excluding hydrogens is 237 g/mol. The number of alkyl halides is 1. The Hall–Kier alpha value is -0.760. The summed E-state index contributed by atoms with van der Waals surface area (Å²) in [7, 11) is 0. The summed E-state index contributed by atoms with van der Waals surface area (Å²) in [4.78, 5) is 2.31. The van der Waals surface area contributed by atoms with E-state index in [0.717, 1.165) is 12.2 Å². The molecule has 0 aromatic heterocycles. The lowest BCUT2D eigenvalue weighted by Gasteiger charge is -2.31. The Labute approximate surface area is 108 Å². The summed E-state index contributed by atoms with van der Waals surface area (Å²) in [5.74, 6) is 0.0551. The Morgan fingerprint density at radius 2 is 2.06 bits per heavy atom. The quantitative estimate of drug-likeness (QED) is 0.724. The van der Waals surface area contributed by atoms with Gasteiger partial charge in [-0.25, -0.2) is 4.39 Å². The van der Waals surface area contributed by atoms with E-state index < -0.39 is 0 Å². The van der Waals surface area contributed by atoms with Crippen molar-refractivity contribution in [1.82, 2.24) is 0 Å². The van der Waals surface area contributed by atoms with Crippen LogP contribution in [0.4, 0.5) is 10.1 Å². The average molecular weight is 256 g/mol.